The fourth-order valence-electron chi connectivity index (χ4n) is 1.70. The van der Waals surface area contributed by atoms with Gasteiger partial charge >= 0.3 is 0 Å². The molecule has 0 amide bonds. The lowest BCUT2D eigenvalue weighted by atomic mass is 10.1. The van der Waals surface area contributed by atoms with Crippen LogP contribution >= 0.6 is 11.6 Å². The first kappa shape index (κ1) is 14.6. The predicted octanol–water partition coefficient (Wildman–Crippen LogP) is 3.57. The second-order valence-electron chi connectivity index (χ2n) is 4.69. The van der Waals surface area contributed by atoms with Gasteiger partial charge < -0.3 is 10.1 Å². The van der Waals surface area contributed by atoms with Crippen molar-refractivity contribution in [2.45, 2.75) is 26.4 Å². The van der Waals surface area contributed by atoms with E-state index in [9.17, 15) is 0 Å². The van der Waals surface area contributed by atoms with E-state index in [1.165, 1.54) is 5.56 Å². The molecule has 2 aromatic rings. The Kier molecular flexibility index (Phi) is 5.18. The van der Waals surface area contributed by atoms with Gasteiger partial charge in [0.15, 0.2) is 0 Å². The van der Waals surface area contributed by atoms with Crippen molar-refractivity contribution in [3.63, 3.8) is 0 Å². The van der Waals surface area contributed by atoms with Gasteiger partial charge in [-0.25, -0.2) is 4.98 Å². The van der Waals surface area contributed by atoms with Crippen LogP contribution in [0.1, 0.15) is 19.4 Å². The topological polar surface area (TPSA) is 47.0 Å². The van der Waals surface area contributed by atoms with Crippen molar-refractivity contribution in [3.05, 3.63) is 47.1 Å². The van der Waals surface area contributed by atoms with Crippen molar-refractivity contribution in [2.75, 3.05) is 11.9 Å². The van der Waals surface area contributed by atoms with Crippen LogP contribution in [-0.2, 0) is 6.42 Å². The van der Waals surface area contributed by atoms with Gasteiger partial charge in [0.25, 0.3) is 0 Å². The van der Waals surface area contributed by atoms with Crippen LogP contribution in [0, 0.1) is 0 Å². The summed E-state index contributed by atoms with van der Waals surface area (Å²) in [4.78, 5) is 8.46. The number of ether oxygens (including phenoxy) is 1. The minimum Gasteiger partial charge on any atom is -0.475 e. The highest BCUT2D eigenvalue weighted by Gasteiger charge is 2.02. The number of nitrogens with one attached hydrogen (secondary N) is 1. The molecule has 1 N–H and O–H groups in total. The molecule has 0 radical (unpaired) electrons. The highest BCUT2D eigenvalue weighted by molar-refractivity contribution is 6.30. The van der Waals surface area contributed by atoms with E-state index in [1.807, 2.05) is 38.1 Å². The third kappa shape index (κ3) is 4.70. The van der Waals surface area contributed by atoms with Crippen LogP contribution in [0.15, 0.2) is 36.5 Å². The van der Waals surface area contributed by atoms with Crippen molar-refractivity contribution in [1.29, 1.82) is 0 Å². The van der Waals surface area contributed by atoms with Gasteiger partial charge in [0.2, 0.25) is 11.8 Å². The number of aromatic nitrogens is 2. The summed E-state index contributed by atoms with van der Waals surface area (Å²) in [5.74, 6) is 1.17. The number of nitrogens with zero attached hydrogens (tertiary/aromatic N) is 2. The molecule has 0 saturated carbocycles. The molecule has 0 saturated heterocycles. The molecule has 0 aliphatic rings. The van der Waals surface area contributed by atoms with E-state index in [1.54, 1.807) is 12.3 Å². The summed E-state index contributed by atoms with van der Waals surface area (Å²) in [5, 5.41) is 3.94. The molecule has 1 aromatic carbocycles. The van der Waals surface area contributed by atoms with Crippen LogP contribution in [0.2, 0.25) is 5.02 Å². The first-order valence-corrected chi connectivity index (χ1v) is 6.99. The van der Waals surface area contributed by atoms with E-state index in [-0.39, 0.29) is 6.10 Å². The smallest absolute Gasteiger partial charge is 0.225 e. The van der Waals surface area contributed by atoms with E-state index < -0.39 is 0 Å². The van der Waals surface area contributed by atoms with Crippen molar-refractivity contribution in [1.82, 2.24) is 9.97 Å². The maximum absolute atomic E-state index is 5.85. The molecule has 4 nitrogen and oxygen atoms in total. The second-order valence-corrected chi connectivity index (χ2v) is 5.12. The number of hydrogen-bond donors (Lipinski definition) is 1. The summed E-state index contributed by atoms with van der Waals surface area (Å²) >= 11 is 5.85. The molecule has 106 valence electrons. The fraction of sp³-hybridized carbons (Fsp3) is 0.333. The van der Waals surface area contributed by atoms with Gasteiger partial charge in [0.1, 0.15) is 0 Å². The SMILES string of the molecule is CC(C)Oc1ccnc(NCCc2ccc(Cl)cc2)n1. The highest BCUT2D eigenvalue weighted by Crippen LogP contribution is 2.12. The third-order valence-electron chi connectivity index (χ3n) is 2.60. The minimum absolute atomic E-state index is 0.104. The molecule has 0 spiro atoms. The molecule has 0 fully saturated rings. The highest BCUT2D eigenvalue weighted by atomic mass is 35.5. The van der Waals surface area contributed by atoms with E-state index >= 15 is 0 Å². The molecular weight excluding hydrogens is 274 g/mol. The summed E-state index contributed by atoms with van der Waals surface area (Å²) in [6.45, 7) is 4.69. The average molecular weight is 292 g/mol. The Hall–Kier alpha value is -1.81. The normalized spacial score (nSPS) is 10.6. The molecule has 1 heterocycles. The van der Waals surface area contributed by atoms with Crippen LogP contribution < -0.4 is 10.1 Å². The number of rotatable bonds is 6. The molecular formula is C15H18ClN3O. The van der Waals surface area contributed by atoms with Crippen molar-refractivity contribution < 1.29 is 4.74 Å². The van der Waals surface area contributed by atoms with Crippen molar-refractivity contribution in [2.24, 2.45) is 0 Å². The Morgan fingerprint density at radius 3 is 2.65 bits per heavy atom. The van der Waals surface area contributed by atoms with Crippen LogP contribution in [0.5, 0.6) is 5.88 Å². The lowest BCUT2D eigenvalue weighted by Crippen LogP contribution is -2.11. The van der Waals surface area contributed by atoms with E-state index in [2.05, 4.69) is 15.3 Å². The van der Waals surface area contributed by atoms with Gasteiger partial charge in [0.05, 0.1) is 6.10 Å². The molecule has 5 heteroatoms. The van der Waals surface area contributed by atoms with Gasteiger partial charge in [-0.2, -0.15) is 4.98 Å². The quantitative estimate of drug-likeness (QED) is 0.884. The third-order valence-corrected chi connectivity index (χ3v) is 2.85. The Bertz CT molecular complexity index is 543. The number of halogens is 1. The predicted molar refractivity (Wildman–Crippen MR) is 81.4 cm³/mol. The lowest BCUT2D eigenvalue weighted by molar-refractivity contribution is 0.232. The van der Waals surface area contributed by atoms with E-state index in [0.717, 1.165) is 18.0 Å². The van der Waals surface area contributed by atoms with Crippen LogP contribution in [0.4, 0.5) is 5.95 Å². The Morgan fingerprint density at radius 2 is 1.95 bits per heavy atom. The average Bonchev–Trinajstić information content (AvgIpc) is 2.41. The zero-order valence-corrected chi connectivity index (χ0v) is 12.4. The molecule has 20 heavy (non-hydrogen) atoms. The summed E-state index contributed by atoms with van der Waals surface area (Å²) in [6.07, 6.45) is 2.68. The van der Waals surface area contributed by atoms with Gasteiger partial charge in [-0.3, -0.25) is 0 Å². The Morgan fingerprint density at radius 1 is 1.20 bits per heavy atom. The zero-order valence-electron chi connectivity index (χ0n) is 11.6. The van der Waals surface area contributed by atoms with Crippen molar-refractivity contribution in [3.8, 4) is 5.88 Å². The van der Waals surface area contributed by atoms with Gasteiger partial charge in [0, 0.05) is 23.8 Å². The Balaban J connectivity index is 1.86. The number of anilines is 1. The molecule has 2 rings (SSSR count). The maximum Gasteiger partial charge on any atom is 0.225 e. The molecule has 0 bridgehead atoms. The minimum atomic E-state index is 0.104. The van der Waals surface area contributed by atoms with E-state index in [4.69, 9.17) is 16.3 Å². The van der Waals surface area contributed by atoms with Crippen LogP contribution in [0.25, 0.3) is 0 Å². The maximum atomic E-state index is 5.85. The molecule has 0 aliphatic carbocycles. The summed E-state index contributed by atoms with van der Waals surface area (Å²) in [6, 6.07) is 9.58. The summed E-state index contributed by atoms with van der Waals surface area (Å²) in [7, 11) is 0. The first-order valence-electron chi connectivity index (χ1n) is 6.61. The summed E-state index contributed by atoms with van der Waals surface area (Å²) in [5.41, 5.74) is 1.22. The van der Waals surface area contributed by atoms with Gasteiger partial charge in [-0.1, -0.05) is 23.7 Å². The standard InChI is InChI=1S/C15H18ClN3O/c1-11(2)20-14-8-10-18-15(19-14)17-9-7-12-3-5-13(16)6-4-12/h3-6,8,10-11H,7,9H2,1-2H3,(H,17,18,19). The second kappa shape index (κ2) is 7.10. The van der Waals surface area contributed by atoms with Crippen LogP contribution in [-0.4, -0.2) is 22.6 Å². The zero-order chi connectivity index (χ0) is 14.4. The first-order chi connectivity index (χ1) is 9.63. The Labute approximate surface area is 124 Å². The number of benzene rings is 1. The van der Waals surface area contributed by atoms with Crippen LogP contribution in [0.3, 0.4) is 0 Å². The number of hydrogen-bond acceptors (Lipinski definition) is 4. The summed E-state index contributed by atoms with van der Waals surface area (Å²) < 4.78 is 5.53. The molecule has 0 aliphatic heterocycles. The fourth-order valence-corrected chi connectivity index (χ4v) is 1.83. The van der Waals surface area contributed by atoms with E-state index in [0.29, 0.717) is 11.8 Å². The lowest BCUT2D eigenvalue weighted by Gasteiger charge is -2.10. The molecule has 0 atom stereocenters. The van der Waals surface area contributed by atoms with Crippen molar-refractivity contribution >= 4 is 17.5 Å². The molecule has 1 aromatic heterocycles. The monoisotopic (exact) mass is 291 g/mol. The molecule has 0 unspecified atom stereocenters. The van der Waals surface area contributed by atoms with Gasteiger partial charge in [-0.05, 0) is 38.0 Å². The van der Waals surface area contributed by atoms with Gasteiger partial charge in [-0.15, -0.1) is 0 Å². The largest absolute Gasteiger partial charge is 0.475 e.